The van der Waals surface area contributed by atoms with Crippen LogP contribution in [0.3, 0.4) is 0 Å². The molecule has 2 aromatic rings. The van der Waals surface area contributed by atoms with Crippen molar-refractivity contribution in [1.82, 2.24) is 4.90 Å². The van der Waals surface area contributed by atoms with E-state index in [9.17, 15) is 4.79 Å². The molecule has 20 heavy (non-hydrogen) atoms. The second kappa shape index (κ2) is 5.02. The van der Waals surface area contributed by atoms with Crippen molar-refractivity contribution < 1.29 is 4.79 Å². The molecule has 0 radical (unpaired) electrons. The minimum atomic E-state index is 0.0606. The molecule has 0 saturated carbocycles. The van der Waals surface area contributed by atoms with Gasteiger partial charge in [-0.3, -0.25) is 4.79 Å². The summed E-state index contributed by atoms with van der Waals surface area (Å²) in [6, 6.07) is 14.7. The lowest BCUT2D eigenvalue weighted by Crippen LogP contribution is -2.28. The molecule has 2 nitrogen and oxygen atoms in total. The van der Waals surface area contributed by atoms with Gasteiger partial charge in [-0.15, -0.1) is 12.3 Å². The van der Waals surface area contributed by atoms with Gasteiger partial charge in [0.2, 0.25) is 5.91 Å². The van der Waals surface area contributed by atoms with Crippen LogP contribution in [0, 0.1) is 18.3 Å². The first-order valence-electron chi connectivity index (χ1n) is 6.93. The standard InChI is InChI=1S/C18H17NO/c1-3-14-10-18(20)19(12-14)13(2)16-9-8-15-6-4-5-7-17(15)11-16/h1,4-9,11,13-14H,10,12H2,2H3/t13-,14?/m0/s1. The van der Waals surface area contributed by atoms with Crippen molar-refractivity contribution in [3.05, 3.63) is 48.0 Å². The van der Waals surface area contributed by atoms with E-state index in [1.807, 2.05) is 17.0 Å². The average molecular weight is 263 g/mol. The first-order chi connectivity index (χ1) is 9.69. The van der Waals surface area contributed by atoms with Crippen LogP contribution in [0.15, 0.2) is 42.5 Å². The van der Waals surface area contributed by atoms with E-state index in [0.717, 1.165) is 5.56 Å². The molecule has 0 aliphatic carbocycles. The van der Waals surface area contributed by atoms with Gasteiger partial charge in [0.15, 0.2) is 0 Å². The molecule has 1 aliphatic rings. The van der Waals surface area contributed by atoms with E-state index in [1.165, 1.54) is 10.8 Å². The molecule has 0 spiro atoms. The van der Waals surface area contributed by atoms with Gasteiger partial charge in [-0.05, 0) is 29.3 Å². The molecule has 1 amide bonds. The third-order valence-electron chi connectivity index (χ3n) is 4.12. The summed E-state index contributed by atoms with van der Waals surface area (Å²) < 4.78 is 0. The Bertz CT molecular complexity index is 698. The lowest BCUT2D eigenvalue weighted by molar-refractivity contribution is -0.129. The summed E-state index contributed by atoms with van der Waals surface area (Å²) in [5.74, 6) is 2.92. The first-order valence-corrected chi connectivity index (χ1v) is 6.93. The van der Waals surface area contributed by atoms with Crippen LogP contribution in [0.1, 0.15) is 24.9 Å². The molecule has 0 aromatic heterocycles. The van der Waals surface area contributed by atoms with Crippen molar-refractivity contribution in [2.45, 2.75) is 19.4 Å². The number of fused-ring (bicyclic) bond motifs is 1. The van der Waals surface area contributed by atoms with Crippen molar-refractivity contribution in [2.75, 3.05) is 6.54 Å². The predicted molar refractivity (Wildman–Crippen MR) is 81.0 cm³/mol. The maximum Gasteiger partial charge on any atom is 0.224 e. The molecule has 0 N–H and O–H groups in total. The number of benzene rings is 2. The number of rotatable bonds is 2. The van der Waals surface area contributed by atoms with Gasteiger partial charge in [-0.2, -0.15) is 0 Å². The highest BCUT2D eigenvalue weighted by Crippen LogP contribution is 2.29. The molecular formula is C18H17NO. The highest BCUT2D eigenvalue weighted by atomic mass is 16.2. The second-order valence-electron chi connectivity index (χ2n) is 5.40. The lowest BCUT2D eigenvalue weighted by Gasteiger charge is -2.25. The topological polar surface area (TPSA) is 20.3 Å². The van der Waals surface area contributed by atoms with Crippen LogP contribution in [0.25, 0.3) is 10.8 Å². The monoisotopic (exact) mass is 263 g/mol. The van der Waals surface area contributed by atoms with Crippen LogP contribution in [0.4, 0.5) is 0 Å². The highest BCUT2D eigenvalue weighted by Gasteiger charge is 2.32. The Hall–Kier alpha value is -2.27. The van der Waals surface area contributed by atoms with E-state index in [-0.39, 0.29) is 17.9 Å². The van der Waals surface area contributed by atoms with Crippen molar-refractivity contribution >= 4 is 16.7 Å². The van der Waals surface area contributed by atoms with Gasteiger partial charge in [0, 0.05) is 18.9 Å². The number of likely N-dealkylation sites (tertiary alicyclic amines) is 1. The van der Waals surface area contributed by atoms with Crippen LogP contribution in [0.2, 0.25) is 0 Å². The minimum Gasteiger partial charge on any atom is -0.335 e. The van der Waals surface area contributed by atoms with Crippen LogP contribution >= 0.6 is 0 Å². The lowest BCUT2D eigenvalue weighted by atomic mass is 10.0. The van der Waals surface area contributed by atoms with Crippen molar-refractivity contribution in [3.63, 3.8) is 0 Å². The SMILES string of the molecule is C#CC1CC(=O)N([C@@H](C)c2ccc3ccccc3c2)C1. The summed E-state index contributed by atoms with van der Waals surface area (Å²) in [5, 5.41) is 2.43. The Morgan fingerprint density at radius 1 is 1.25 bits per heavy atom. The van der Waals surface area contributed by atoms with Crippen molar-refractivity contribution in [1.29, 1.82) is 0 Å². The molecule has 1 fully saturated rings. The van der Waals surface area contributed by atoms with E-state index < -0.39 is 0 Å². The van der Waals surface area contributed by atoms with Gasteiger partial charge < -0.3 is 4.90 Å². The Balaban J connectivity index is 1.91. The number of carbonyl (C=O) groups excluding carboxylic acids is 1. The molecule has 1 saturated heterocycles. The molecule has 1 unspecified atom stereocenters. The number of carbonyl (C=O) groups is 1. The predicted octanol–water partition coefficient (Wildman–Crippen LogP) is 3.38. The summed E-state index contributed by atoms with van der Waals surface area (Å²) in [5.41, 5.74) is 1.16. The fraction of sp³-hybridized carbons (Fsp3) is 0.278. The Kier molecular flexibility index (Phi) is 3.20. The van der Waals surface area contributed by atoms with E-state index in [4.69, 9.17) is 6.42 Å². The van der Waals surface area contributed by atoms with Gasteiger partial charge in [0.1, 0.15) is 0 Å². The zero-order valence-corrected chi connectivity index (χ0v) is 11.5. The van der Waals surface area contributed by atoms with E-state index in [1.54, 1.807) is 0 Å². The van der Waals surface area contributed by atoms with Crippen molar-refractivity contribution in [3.8, 4) is 12.3 Å². The van der Waals surface area contributed by atoms with Gasteiger partial charge in [0.25, 0.3) is 0 Å². The Morgan fingerprint density at radius 2 is 2.00 bits per heavy atom. The van der Waals surface area contributed by atoms with E-state index >= 15 is 0 Å². The molecule has 2 heteroatoms. The quantitative estimate of drug-likeness (QED) is 0.761. The molecule has 1 heterocycles. The number of amides is 1. The molecular weight excluding hydrogens is 246 g/mol. The van der Waals surface area contributed by atoms with Gasteiger partial charge in [-0.1, -0.05) is 36.4 Å². The summed E-state index contributed by atoms with van der Waals surface area (Å²) in [7, 11) is 0. The highest BCUT2D eigenvalue weighted by molar-refractivity contribution is 5.84. The van der Waals surface area contributed by atoms with Crippen LogP contribution in [-0.2, 0) is 4.79 Å². The molecule has 2 atom stereocenters. The maximum absolute atomic E-state index is 12.1. The van der Waals surface area contributed by atoms with Gasteiger partial charge in [0.05, 0.1) is 6.04 Å². The maximum atomic E-state index is 12.1. The molecule has 2 aromatic carbocycles. The first kappa shape index (κ1) is 12.7. The van der Waals surface area contributed by atoms with E-state index in [2.05, 4.69) is 43.2 Å². The fourth-order valence-electron chi connectivity index (χ4n) is 2.87. The Labute approximate surface area is 119 Å². The molecule has 3 rings (SSSR count). The Morgan fingerprint density at radius 3 is 2.70 bits per heavy atom. The molecule has 1 aliphatic heterocycles. The number of hydrogen-bond acceptors (Lipinski definition) is 1. The van der Waals surface area contributed by atoms with Crippen LogP contribution < -0.4 is 0 Å². The minimum absolute atomic E-state index is 0.0606. The van der Waals surface area contributed by atoms with Gasteiger partial charge in [-0.25, -0.2) is 0 Å². The van der Waals surface area contributed by atoms with Gasteiger partial charge >= 0.3 is 0 Å². The largest absolute Gasteiger partial charge is 0.335 e. The number of hydrogen-bond donors (Lipinski definition) is 0. The molecule has 100 valence electrons. The zero-order chi connectivity index (χ0) is 14.1. The smallest absolute Gasteiger partial charge is 0.224 e. The number of nitrogens with zero attached hydrogens (tertiary/aromatic N) is 1. The van der Waals surface area contributed by atoms with E-state index in [0.29, 0.717) is 13.0 Å². The normalized spacial score (nSPS) is 20.1. The second-order valence-corrected chi connectivity index (χ2v) is 5.40. The van der Waals surface area contributed by atoms with Crippen LogP contribution in [0.5, 0.6) is 0 Å². The number of terminal acetylenes is 1. The summed E-state index contributed by atoms with van der Waals surface area (Å²) in [6.07, 6.45) is 5.92. The van der Waals surface area contributed by atoms with Crippen molar-refractivity contribution in [2.24, 2.45) is 5.92 Å². The third-order valence-corrected chi connectivity index (χ3v) is 4.12. The summed E-state index contributed by atoms with van der Waals surface area (Å²) in [6.45, 7) is 2.74. The fourth-order valence-corrected chi connectivity index (χ4v) is 2.87. The third kappa shape index (κ3) is 2.16. The summed E-state index contributed by atoms with van der Waals surface area (Å²) >= 11 is 0. The van der Waals surface area contributed by atoms with Crippen LogP contribution in [-0.4, -0.2) is 17.4 Å². The zero-order valence-electron chi connectivity index (χ0n) is 11.5. The molecule has 0 bridgehead atoms. The summed E-state index contributed by atoms with van der Waals surface area (Å²) in [4.78, 5) is 13.9. The average Bonchev–Trinajstić information content (AvgIpc) is 2.87.